The van der Waals surface area contributed by atoms with Crippen LogP contribution in [0, 0.1) is 18.7 Å². The van der Waals surface area contributed by atoms with Crippen molar-refractivity contribution in [2.45, 2.75) is 51.6 Å². The molecule has 210 valence electrons. The molecule has 39 heavy (non-hydrogen) atoms. The van der Waals surface area contributed by atoms with E-state index in [0.29, 0.717) is 30.3 Å². The second kappa shape index (κ2) is 12.8. The van der Waals surface area contributed by atoms with Gasteiger partial charge in [-0.2, -0.15) is 0 Å². The maximum Gasteiger partial charge on any atom is 0.327 e. The summed E-state index contributed by atoms with van der Waals surface area (Å²) in [5.41, 5.74) is 2.46. The first-order valence-electron chi connectivity index (χ1n) is 13.3. The number of carboxylic acid groups (broad SMARTS) is 1. The Bertz CT molecular complexity index is 1220. The largest absolute Gasteiger partial charge is 0.491 e. The first-order valence-corrected chi connectivity index (χ1v) is 13.7. The monoisotopic (exact) mass is 559 g/mol. The molecule has 0 radical (unpaired) electrons. The maximum atomic E-state index is 14.4. The molecule has 1 atom stereocenters. The number of nitrogens with zero attached hydrogens (tertiary/aromatic N) is 3. The van der Waals surface area contributed by atoms with Gasteiger partial charge in [0.25, 0.3) is 0 Å². The molecule has 2 aliphatic rings. The summed E-state index contributed by atoms with van der Waals surface area (Å²) in [5.74, 6) is -0.649. The second-order valence-electron chi connectivity index (χ2n) is 10.5. The van der Waals surface area contributed by atoms with Crippen molar-refractivity contribution in [2.24, 2.45) is 5.92 Å². The Kier molecular flexibility index (Phi) is 9.45. The lowest BCUT2D eigenvalue weighted by Gasteiger charge is -2.33. The molecule has 10 heteroatoms. The Morgan fingerprint density at radius 3 is 2.56 bits per heavy atom. The van der Waals surface area contributed by atoms with E-state index in [-0.39, 0.29) is 43.1 Å². The van der Waals surface area contributed by atoms with Gasteiger partial charge in [0.15, 0.2) is 0 Å². The molecule has 3 amide bonds. The zero-order chi connectivity index (χ0) is 28.1. The minimum Gasteiger partial charge on any atom is -0.491 e. The van der Waals surface area contributed by atoms with E-state index in [1.165, 1.54) is 21.9 Å². The van der Waals surface area contributed by atoms with Crippen LogP contribution in [0.15, 0.2) is 36.4 Å². The fraction of sp³-hybridized carbons (Fsp3) is 0.483. The minimum absolute atomic E-state index is 0.00636. The molecule has 2 aromatic rings. The summed E-state index contributed by atoms with van der Waals surface area (Å²) in [4.78, 5) is 40.6. The number of carboxylic acids is 1. The van der Waals surface area contributed by atoms with Gasteiger partial charge in [0.1, 0.15) is 24.7 Å². The van der Waals surface area contributed by atoms with Crippen molar-refractivity contribution in [3.8, 4) is 5.75 Å². The Morgan fingerprint density at radius 1 is 1.21 bits per heavy atom. The molecule has 1 heterocycles. The number of aryl methyl sites for hydroxylation is 1. The van der Waals surface area contributed by atoms with Crippen molar-refractivity contribution in [1.82, 2.24) is 14.7 Å². The number of urea groups is 1. The molecule has 8 nitrogen and oxygen atoms in total. The molecular weight excluding hydrogens is 525 g/mol. The number of likely N-dealkylation sites (N-methyl/N-ethyl adjacent to an activating group) is 1. The van der Waals surface area contributed by atoms with Crippen molar-refractivity contribution in [3.05, 3.63) is 63.9 Å². The molecule has 1 aliphatic heterocycles. The minimum atomic E-state index is -0.951. The van der Waals surface area contributed by atoms with Gasteiger partial charge in [0.2, 0.25) is 5.91 Å². The van der Waals surface area contributed by atoms with Gasteiger partial charge >= 0.3 is 12.0 Å². The average Bonchev–Trinajstić information content (AvgIpc) is 3.48. The molecule has 4 rings (SSSR count). The zero-order valence-corrected chi connectivity index (χ0v) is 23.1. The van der Waals surface area contributed by atoms with Crippen LogP contribution >= 0.6 is 11.6 Å². The summed E-state index contributed by atoms with van der Waals surface area (Å²) in [6.45, 7) is 3.56. The van der Waals surface area contributed by atoms with Crippen LogP contribution in [0.3, 0.4) is 0 Å². The van der Waals surface area contributed by atoms with Crippen molar-refractivity contribution >= 4 is 29.5 Å². The van der Waals surface area contributed by atoms with Gasteiger partial charge in [0.05, 0.1) is 18.0 Å². The van der Waals surface area contributed by atoms with Crippen LogP contribution in [0.25, 0.3) is 0 Å². The molecule has 0 spiro atoms. The standard InChI is InChI=1S/C29H35ClFN3O5/c1-19-13-21(7-10-26(19)39-12-11-34-27(35)18-32(2)29(34)38)17-33(16-20-5-3-4-6-20)25(15-28(36)37)22-8-9-23(30)24(31)14-22/h7-10,13-14,20,25H,3-6,11-12,15-18H2,1-2H3,(H,36,37). The van der Waals surface area contributed by atoms with E-state index in [9.17, 15) is 23.9 Å². The lowest BCUT2D eigenvalue weighted by atomic mass is 9.98. The SMILES string of the molecule is Cc1cc(CN(CC2CCCC2)C(CC(=O)O)c2ccc(Cl)c(F)c2)ccc1OCCN1C(=O)CN(C)C1=O. The Hall–Kier alpha value is -3.17. The van der Waals surface area contributed by atoms with Crippen LogP contribution in [0.2, 0.25) is 5.02 Å². The molecule has 2 fully saturated rings. The number of benzene rings is 2. The summed E-state index contributed by atoms with van der Waals surface area (Å²) in [6, 6.07) is 9.47. The number of ether oxygens (including phenoxy) is 1. The fourth-order valence-corrected chi connectivity index (χ4v) is 5.63. The third kappa shape index (κ3) is 7.28. The van der Waals surface area contributed by atoms with Crippen molar-refractivity contribution in [1.29, 1.82) is 0 Å². The molecule has 1 saturated heterocycles. The van der Waals surface area contributed by atoms with E-state index in [0.717, 1.165) is 36.8 Å². The Labute approximate surface area is 233 Å². The number of amides is 3. The summed E-state index contributed by atoms with van der Waals surface area (Å²) in [5, 5.41) is 9.73. The van der Waals surface area contributed by atoms with Gasteiger partial charge in [0, 0.05) is 26.2 Å². The van der Waals surface area contributed by atoms with Crippen LogP contribution in [0.4, 0.5) is 9.18 Å². The van der Waals surface area contributed by atoms with Crippen LogP contribution in [-0.2, 0) is 16.1 Å². The Balaban J connectivity index is 1.50. The molecule has 0 bridgehead atoms. The fourth-order valence-electron chi connectivity index (χ4n) is 5.51. The predicted molar refractivity (Wildman–Crippen MR) is 145 cm³/mol. The average molecular weight is 560 g/mol. The normalized spacial score (nSPS) is 16.9. The zero-order valence-electron chi connectivity index (χ0n) is 22.4. The third-order valence-corrected chi connectivity index (χ3v) is 7.84. The number of aliphatic carboxylic acids is 1. The van der Waals surface area contributed by atoms with E-state index in [2.05, 4.69) is 4.90 Å². The number of carbonyl (C=O) groups is 3. The third-order valence-electron chi connectivity index (χ3n) is 7.53. The molecule has 2 aromatic carbocycles. The summed E-state index contributed by atoms with van der Waals surface area (Å²) >= 11 is 5.91. The lowest BCUT2D eigenvalue weighted by molar-refractivity contribution is -0.138. The number of hydrogen-bond donors (Lipinski definition) is 1. The second-order valence-corrected chi connectivity index (χ2v) is 10.9. The number of carbonyl (C=O) groups excluding carboxylic acids is 2. The van der Waals surface area contributed by atoms with Crippen LogP contribution in [0.1, 0.15) is 54.8 Å². The smallest absolute Gasteiger partial charge is 0.327 e. The topological polar surface area (TPSA) is 90.4 Å². The van der Waals surface area contributed by atoms with Gasteiger partial charge in [-0.1, -0.05) is 42.6 Å². The first-order chi connectivity index (χ1) is 18.6. The molecule has 1 aliphatic carbocycles. The van der Waals surface area contributed by atoms with E-state index in [1.54, 1.807) is 13.1 Å². The van der Waals surface area contributed by atoms with Crippen molar-refractivity contribution in [3.63, 3.8) is 0 Å². The van der Waals surface area contributed by atoms with Crippen molar-refractivity contribution < 1.29 is 28.6 Å². The number of halogens is 2. The molecule has 1 saturated carbocycles. The molecule has 1 N–H and O–H groups in total. The molecule has 1 unspecified atom stereocenters. The lowest BCUT2D eigenvalue weighted by Crippen LogP contribution is -2.35. The highest BCUT2D eigenvalue weighted by molar-refractivity contribution is 6.30. The maximum absolute atomic E-state index is 14.4. The predicted octanol–water partition coefficient (Wildman–Crippen LogP) is 5.27. The number of rotatable bonds is 12. The highest BCUT2D eigenvalue weighted by Crippen LogP contribution is 2.34. The highest BCUT2D eigenvalue weighted by atomic mass is 35.5. The van der Waals surface area contributed by atoms with E-state index in [1.807, 2.05) is 25.1 Å². The van der Waals surface area contributed by atoms with Crippen molar-refractivity contribution in [2.75, 3.05) is 33.3 Å². The van der Waals surface area contributed by atoms with Crippen LogP contribution < -0.4 is 4.74 Å². The van der Waals surface area contributed by atoms with E-state index < -0.39 is 17.8 Å². The summed E-state index contributed by atoms with van der Waals surface area (Å²) in [7, 11) is 1.59. The van der Waals surface area contributed by atoms with Gasteiger partial charge in [-0.15, -0.1) is 0 Å². The van der Waals surface area contributed by atoms with Gasteiger partial charge in [-0.3, -0.25) is 19.4 Å². The summed E-state index contributed by atoms with van der Waals surface area (Å²) in [6.07, 6.45) is 4.35. The first kappa shape index (κ1) is 28.8. The van der Waals surface area contributed by atoms with Crippen LogP contribution in [0.5, 0.6) is 5.75 Å². The van der Waals surface area contributed by atoms with Gasteiger partial charge < -0.3 is 14.7 Å². The Morgan fingerprint density at radius 2 is 1.95 bits per heavy atom. The molecule has 0 aromatic heterocycles. The van der Waals surface area contributed by atoms with E-state index in [4.69, 9.17) is 16.3 Å². The van der Waals surface area contributed by atoms with Gasteiger partial charge in [-0.25, -0.2) is 9.18 Å². The van der Waals surface area contributed by atoms with E-state index >= 15 is 0 Å². The quantitative estimate of drug-likeness (QED) is 0.356. The molecular formula is C29H35ClFN3O5. The van der Waals surface area contributed by atoms with Gasteiger partial charge in [-0.05, 0) is 60.6 Å². The van der Waals surface area contributed by atoms with Crippen LogP contribution in [-0.4, -0.2) is 71.0 Å². The highest BCUT2D eigenvalue weighted by Gasteiger charge is 2.33. The number of hydrogen-bond acceptors (Lipinski definition) is 5. The number of imide groups is 1. The summed E-state index contributed by atoms with van der Waals surface area (Å²) < 4.78 is 20.3.